The van der Waals surface area contributed by atoms with Crippen molar-refractivity contribution in [1.82, 2.24) is 0 Å². The van der Waals surface area contributed by atoms with Gasteiger partial charge in [0, 0.05) is 27.1 Å². The molecule has 102 valence electrons. The van der Waals surface area contributed by atoms with Crippen LogP contribution in [-0.2, 0) is 4.74 Å². The third kappa shape index (κ3) is 2.94. The number of ether oxygens (including phenoxy) is 2. The number of Topliss-reactive ketones (excluding diaryl/α,β-unsaturated/α-hetero) is 1. The zero-order valence-electron chi connectivity index (χ0n) is 11.3. The molecule has 0 radical (unpaired) electrons. The second-order valence-corrected chi connectivity index (χ2v) is 4.81. The Kier molecular flexibility index (Phi) is 5.43. The maximum absolute atomic E-state index is 11.5. The van der Waals surface area contributed by atoms with E-state index < -0.39 is 0 Å². The average Bonchev–Trinajstić information content (AvgIpc) is 2.67. The molecule has 5 nitrogen and oxygen atoms in total. The van der Waals surface area contributed by atoms with E-state index in [9.17, 15) is 4.79 Å². The molecule has 0 amide bonds. The van der Waals surface area contributed by atoms with Crippen molar-refractivity contribution < 1.29 is 14.3 Å². The highest BCUT2D eigenvalue weighted by Gasteiger charge is 2.22. The quantitative estimate of drug-likeness (QED) is 0.769. The number of thiophene rings is 1. The molecule has 0 unspecified atom stereocenters. The number of hydrogen-bond acceptors (Lipinski definition) is 6. The molecule has 18 heavy (non-hydrogen) atoms. The molecule has 1 aromatic heterocycles. The normalized spacial score (nSPS) is 10.4. The summed E-state index contributed by atoms with van der Waals surface area (Å²) in [5, 5.41) is 0.889. The number of nitrogens with two attached hydrogens (primary N) is 1. The predicted molar refractivity (Wildman–Crippen MR) is 75.1 cm³/mol. The molecular weight excluding hydrogens is 252 g/mol. The topological polar surface area (TPSA) is 64.8 Å². The van der Waals surface area contributed by atoms with E-state index in [2.05, 4.69) is 4.90 Å². The lowest BCUT2D eigenvalue weighted by atomic mass is 10.3. The van der Waals surface area contributed by atoms with Crippen LogP contribution in [0.1, 0.15) is 23.5 Å². The Morgan fingerprint density at radius 1 is 1.44 bits per heavy atom. The Labute approximate surface area is 111 Å². The molecule has 6 heteroatoms. The van der Waals surface area contributed by atoms with Gasteiger partial charge in [0.1, 0.15) is 5.00 Å². The maximum Gasteiger partial charge on any atom is 0.177 e. The summed E-state index contributed by atoms with van der Waals surface area (Å²) in [6.45, 7) is 5.71. The molecule has 0 atom stereocenters. The number of rotatable bonds is 7. The molecular formula is C12H20N2O3S. The summed E-state index contributed by atoms with van der Waals surface area (Å²) in [5.41, 5.74) is 6.37. The van der Waals surface area contributed by atoms with E-state index in [0.29, 0.717) is 22.9 Å². The van der Waals surface area contributed by atoms with Crippen LogP contribution in [0.4, 0.5) is 10.7 Å². The first-order chi connectivity index (χ1) is 8.56. The summed E-state index contributed by atoms with van der Waals surface area (Å²) < 4.78 is 10.4. The van der Waals surface area contributed by atoms with Crippen LogP contribution in [0.5, 0.6) is 5.75 Å². The first-order valence-electron chi connectivity index (χ1n) is 5.77. The van der Waals surface area contributed by atoms with Crippen LogP contribution in [0.2, 0.25) is 0 Å². The van der Waals surface area contributed by atoms with E-state index in [0.717, 1.165) is 18.1 Å². The van der Waals surface area contributed by atoms with Gasteiger partial charge in [0.05, 0.1) is 24.3 Å². The lowest BCUT2D eigenvalue weighted by Crippen LogP contribution is -2.26. The number of carbonyl (C=O) groups is 1. The maximum atomic E-state index is 11.5. The van der Waals surface area contributed by atoms with Crippen LogP contribution in [0, 0.1) is 0 Å². The van der Waals surface area contributed by atoms with Gasteiger partial charge in [-0.3, -0.25) is 4.79 Å². The molecule has 0 saturated carbocycles. The van der Waals surface area contributed by atoms with Gasteiger partial charge in [-0.15, -0.1) is 11.3 Å². The fourth-order valence-electron chi connectivity index (χ4n) is 1.69. The predicted octanol–water partition coefficient (Wildman–Crippen LogP) is 2.01. The molecule has 1 aromatic rings. The first kappa shape index (κ1) is 14.8. The van der Waals surface area contributed by atoms with Crippen molar-refractivity contribution >= 4 is 27.8 Å². The monoisotopic (exact) mass is 272 g/mol. The second-order valence-electron chi connectivity index (χ2n) is 3.81. The van der Waals surface area contributed by atoms with E-state index >= 15 is 0 Å². The number of methoxy groups -OCH3 is 2. The SMILES string of the molecule is CCN(CCOC)c1sc(C(C)=O)c(N)c1OC. The molecule has 0 fully saturated rings. The zero-order chi connectivity index (χ0) is 13.7. The number of anilines is 2. The molecule has 1 rings (SSSR count). The Morgan fingerprint density at radius 3 is 2.56 bits per heavy atom. The molecule has 0 spiro atoms. The minimum atomic E-state index is -0.0372. The number of likely N-dealkylation sites (N-methyl/N-ethyl adjacent to an activating group) is 1. The fourth-order valence-corrected chi connectivity index (χ4v) is 2.86. The lowest BCUT2D eigenvalue weighted by Gasteiger charge is -2.21. The average molecular weight is 272 g/mol. The van der Waals surface area contributed by atoms with Gasteiger partial charge in [-0.25, -0.2) is 0 Å². The number of nitrogens with zero attached hydrogens (tertiary/aromatic N) is 1. The number of carbonyl (C=O) groups excluding carboxylic acids is 1. The summed E-state index contributed by atoms with van der Waals surface area (Å²) in [4.78, 5) is 14.2. The Bertz CT molecular complexity index is 418. The molecule has 0 saturated heterocycles. The summed E-state index contributed by atoms with van der Waals surface area (Å²) in [7, 11) is 3.23. The van der Waals surface area contributed by atoms with Crippen LogP contribution < -0.4 is 15.4 Å². The third-order valence-electron chi connectivity index (χ3n) is 2.64. The molecule has 1 heterocycles. The van der Waals surface area contributed by atoms with E-state index in [4.69, 9.17) is 15.2 Å². The van der Waals surface area contributed by atoms with Gasteiger partial charge in [-0.1, -0.05) is 0 Å². The standard InChI is InChI=1S/C12H20N2O3S/c1-5-14(6-7-16-3)12-10(17-4)9(13)11(18-12)8(2)15/h5-7,13H2,1-4H3. The van der Waals surface area contributed by atoms with Crippen LogP contribution in [-0.4, -0.2) is 39.7 Å². The van der Waals surface area contributed by atoms with Crippen LogP contribution in [0.15, 0.2) is 0 Å². The van der Waals surface area contributed by atoms with Crippen molar-refractivity contribution in [2.24, 2.45) is 0 Å². The molecule has 0 aliphatic carbocycles. The number of hydrogen-bond donors (Lipinski definition) is 1. The van der Waals surface area contributed by atoms with E-state index in [1.807, 2.05) is 6.92 Å². The van der Waals surface area contributed by atoms with E-state index in [-0.39, 0.29) is 5.78 Å². The van der Waals surface area contributed by atoms with Crippen molar-refractivity contribution in [3.8, 4) is 5.75 Å². The van der Waals surface area contributed by atoms with E-state index in [1.165, 1.54) is 18.3 Å². The van der Waals surface area contributed by atoms with Crippen molar-refractivity contribution in [3.05, 3.63) is 4.88 Å². The Morgan fingerprint density at radius 2 is 2.11 bits per heavy atom. The molecule has 0 bridgehead atoms. The third-order valence-corrected chi connectivity index (χ3v) is 3.99. The molecule has 0 aliphatic heterocycles. The smallest absolute Gasteiger partial charge is 0.177 e. The second kappa shape index (κ2) is 6.61. The van der Waals surface area contributed by atoms with Crippen LogP contribution in [0.3, 0.4) is 0 Å². The van der Waals surface area contributed by atoms with Gasteiger partial charge in [0.15, 0.2) is 11.5 Å². The summed E-state index contributed by atoms with van der Waals surface area (Å²) in [5.74, 6) is 0.549. The van der Waals surface area contributed by atoms with Crippen molar-refractivity contribution in [1.29, 1.82) is 0 Å². The first-order valence-corrected chi connectivity index (χ1v) is 6.59. The van der Waals surface area contributed by atoms with Gasteiger partial charge in [-0.05, 0) is 6.92 Å². The van der Waals surface area contributed by atoms with Crippen molar-refractivity contribution in [2.45, 2.75) is 13.8 Å². The fraction of sp³-hybridized carbons (Fsp3) is 0.583. The van der Waals surface area contributed by atoms with Crippen molar-refractivity contribution in [3.63, 3.8) is 0 Å². The minimum absolute atomic E-state index is 0.0372. The summed E-state index contributed by atoms with van der Waals surface area (Å²) in [6.07, 6.45) is 0. The van der Waals surface area contributed by atoms with Crippen molar-refractivity contribution in [2.75, 3.05) is 44.5 Å². The van der Waals surface area contributed by atoms with E-state index in [1.54, 1.807) is 14.2 Å². The Hall–Kier alpha value is -1.27. The highest BCUT2D eigenvalue weighted by Crippen LogP contribution is 2.44. The van der Waals surface area contributed by atoms with Gasteiger partial charge in [0.25, 0.3) is 0 Å². The van der Waals surface area contributed by atoms with Gasteiger partial charge >= 0.3 is 0 Å². The summed E-state index contributed by atoms with van der Waals surface area (Å²) >= 11 is 1.37. The van der Waals surface area contributed by atoms with Crippen LogP contribution in [0.25, 0.3) is 0 Å². The van der Waals surface area contributed by atoms with Gasteiger partial charge in [0.2, 0.25) is 0 Å². The largest absolute Gasteiger partial charge is 0.492 e. The zero-order valence-corrected chi connectivity index (χ0v) is 12.1. The number of nitrogen functional groups attached to an aromatic ring is 1. The minimum Gasteiger partial charge on any atom is -0.492 e. The number of ketones is 1. The summed E-state index contributed by atoms with van der Waals surface area (Å²) in [6, 6.07) is 0. The van der Waals surface area contributed by atoms with Gasteiger partial charge < -0.3 is 20.1 Å². The van der Waals surface area contributed by atoms with Crippen LogP contribution >= 0.6 is 11.3 Å². The lowest BCUT2D eigenvalue weighted by molar-refractivity contribution is 0.102. The molecule has 0 aromatic carbocycles. The highest BCUT2D eigenvalue weighted by molar-refractivity contribution is 7.19. The Balaban J connectivity index is 3.12. The highest BCUT2D eigenvalue weighted by atomic mass is 32.1. The van der Waals surface area contributed by atoms with Gasteiger partial charge in [-0.2, -0.15) is 0 Å². The molecule has 2 N–H and O–H groups in total. The molecule has 0 aliphatic rings.